The van der Waals surface area contributed by atoms with Gasteiger partial charge >= 0.3 is 5.97 Å². The molecular formula is C13H18ClNO5S. The predicted octanol–water partition coefficient (Wildman–Crippen LogP) is 2.44. The first-order valence-electron chi connectivity index (χ1n) is 6.50. The van der Waals surface area contributed by atoms with Crippen LogP contribution in [-0.4, -0.2) is 36.9 Å². The number of nitrogens with zero attached hydrogens (tertiary/aromatic N) is 1. The molecule has 1 unspecified atom stereocenters. The normalized spacial score (nSPS) is 24.4. The maximum atomic E-state index is 12.5. The molecule has 0 radical (unpaired) electrons. The maximum absolute atomic E-state index is 12.5. The van der Waals surface area contributed by atoms with Crippen LogP contribution in [0.1, 0.15) is 27.2 Å². The van der Waals surface area contributed by atoms with Crippen molar-refractivity contribution in [3.63, 3.8) is 0 Å². The Morgan fingerprint density at radius 2 is 2.05 bits per heavy atom. The van der Waals surface area contributed by atoms with E-state index in [1.165, 1.54) is 12.1 Å². The van der Waals surface area contributed by atoms with Gasteiger partial charge < -0.3 is 9.52 Å². The molecule has 8 heteroatoms. The number of carboxylic acids is 1. The molecule has 6 nitrogen and oxygen atoms in total. The first kappa shape index (κ1) is 16.3. The number of halogens is 1. The van der Waals surface area contributed by atoms with Gasteiger partial charge in [-0.1, -0.05) is 20.8 Å². The number of carboxylic acid groups (broad SMARTS) is 1. The standard InChI is InChI=1S/C13H18ClNO5S/c1-12(2,3)13(11(16)17)6-7-15(8-13)21(18,19)10-5-4-9(14)20-10/h4-5H,6-8H2,1-3H3,(H,16,17). The van der Waals surface area contributed by atoms with Gasteiger partial charge in [-0.25, -0.2) is 8.42 Å². The van der Waals surface area contributed by atoms with Crippen LogP contribution in [0.15, 0.2) is 21.6 Å². The molecule has 21 heavy (non-hydrogen) atoms. The monoisotopic (exact) mass is 335 g/mol. The molecule has 0 aliphatic carbocycles. The van der Waals surface area contributed by atoms with E-state index < -0.39 is 26.8 Å². The molecular weight excluding hydrogens is 318 g/mol. The Morgan fingerprint density at radius 1 is 1.43 bits per heavy atom. The number of aliphatic carboxylic acids is 1. The van der Waals surface area contributed by atoms with Crippen molar-refractivity contribution in [3.8, 4) is 0 Å². The Morgan fingerprint density at radius 3 is 2.43 bits per heavy atom. The molecule has 0 spiro atoms. The van der Waals surface area contributed by atoms with Crippen LogP contribution in [0.25, 0.3) is 0 Å². The molecule has 1 saturated heterocycles. The smallest absolute Gasteiger partial charge is 0.311 e. The Balaban J connectivity index is 2.36. The lowest BCUT2D eigenvalue weighted by atomic mass is 9.66. The van der Waals surface area contributed by atoms with Crippen LogP contribution < -0.4 is 0 Å². The minimum absolute atomic E-state index is 0.0203. The van der Waals surface area contributed by atoms with Crippen LogP contribution in [0.2, 0.25) is 5.22 Å². The van der Waals surface area contributed by atoms with E-state index in [2.05, 4.69) is 0 Å². The predicted molar refractivity (Wildman–Crippen MR) is 76.6 cm³/mol. The van der Waals surface area contributed by atoms with Crippen molar-refractivity contribution in [1.82, 2.24) is 4.31 Å². The number of rotatable bonds is 3. The summed E-state index contributed by atoms with van der Waals surface area (Å²) in [6.07, 6.45) is 0.263. The molecule has 2 rings (SSSR count). The van der Waals surface area contributed by atoms with Crippen molar-refractivity contribution in [2.45, 2.75) is 32.3 Å². The van der Waals surface area contributed by atoms with E-state index in [4.69, 9.17) is 16.0 Å². The van der Waals surface area contributed by atoms with Gasteiger partial charge in [0.25, 0.3) is 10.0 Å². The largest absolute Gasteiger partial charge is 0.481 e. The van der Waals surface area contributed by atoms with Gasteiger partial charge in [-0.15, -0.1) is 0 Å². The fourth-order valence-corrected chi connectivity index (χ4v) is 4.25. The molecule has 1 N–H and O–H groups in total. The van der Waals surface area contributed by atoms with Gasteiger partial charge in [0.2, 0.25) is 5.09 Å². The third kappa shape index (κ3) is 2.58. The van der Waals surface area contributed by atoms with Gasteiger partial charge in [0.05, 0.1) is 5.41 Å². The van der Waals surface area contributed by atoms with Gasteiger partial charge in [0, 0.05) is 13.1 Å². The third-order valence-electron chi connectivity index (χ3n) is 4.22. The van der Waals surface area contributed by atoms with Crippen LogP contribution in [0, 0.1) is 10.8 Å². The molecule has 1 aliphatic heterocycles. The second kappa shape index (κ2) is 5.00. The molecule has 0 aromatic carbocycles. The summed E-state index contributed by atoms with van der Waals surface area (Å²) in [7, 11) is -3.86. The summed E-state index contributed by atoms with van der Waals surface area (Å²) in [6, 6.07) is 2.62. The van der Waals surface area contributed by atoms with Crippen LogP contribution in [-0.2, 0) is 14.8 Å². The molecule has 0 saturated carbocycles. The average Bonchev–Trinajstić information content (AvgIpc) is 2.94. The van der Waals surface area contributed by atoms with Gasteiger partial charge in [-0.3, -0.25) is 4.79 Å². The summed E-state index contributed by atoms with van der Waals surface area (Å²) in [5, 5.41) is 9.31. The van der Waals surface area contributed by atoms with E-state index in [9.17, 15) is 18.3 Å². The van der Waals surface area contributed by atoms with Gasteiger partial charge in [-0.2, -0.15) is 4.31 Å². The minimum Gasteiger partial charge on any atom is -0.481 e. The minimum atomic E-state index is -3.86. The Kier molecular flexibility index (Phi) is 3.89. The first-order chi connectivity index (χ1) is 9.50. The Bertz CT molecular complexity index is 660. The van der Waals surface area contributed by atoms with Gasteiger partial charge in [0.1, 0.15) is 0 Å². The summed E-state index contributed by atoms with van der Waals surface area (Å²) in [5.74, 6) is -0.981. The zero-order valence-electron chi connectivity index (χ0n) is 12.1. The van der Waals surface area contributed by atoms with Crippen LogP contribution >= 0.6 is 11.6 Å². The molecule has 1 fully saturated rings. The van der Waals surface area contributed by atoms with E-state index >= 15 is 0 Å². The fraction of sp³-hybridized carbons (Fsp3) is 0.615. The van der Waals surface area contributed by atoms with Crippen LogP contribution in [0.5, 0.6) is 0 Å². The summed E-state index contributed by atoms with van der Waals surface area (Å²) in [4.78, 5) is 11.7. The maximum Gasteiger partial charge on any atom is 0.311 e. The number of carbonyl (C=O) groups is 1. The van der Waals surface area contributed by atoms with Crippen molar-refractivity contribution in [2.24, 2.45) is 10.8 Å². The molecule has 0 amide bonds. The van der Waals surface area contributed by atoms with Crippen molar-refractivity contribution in [2.75, 3.05) is 13.1 Å². The zero-order chi connectivity index (χ0) is 16.1. The summed E-state index contributed by atoms with van der Waals surface area (Å²) in [5.41, 5.74) is -1.68. The first-order valence-corrected chi connectivity index (χ1v) is 8.31. The highest BCUT2D eigenvalue weighted by Crippen LogP contribution is 2.47. The van der Waals surface area contributed by atoms with E-state index in [1.807, 2.05) is 0 Å². The number of hydrogen-bond acceptors (Lipinski definition) is 4. The highest BCUT2D eigenvalue weighted by atomic mass is 35.5. The Labute approximate surface area is 128 Å². The highest BCUT2D eigenvalue weighted by molar-refractivity contribution is 7.89. The molecule has 1 atom stereocenters. The lowest BCUT2D eigenvalue weighted by molar-refractivity contribution is -0.154. The van der Waals surface area contributed by atoms with Crippen molar-refractivity contribution in [3.05, 3.63) is 17.4 Å². The quantitative estimate of drug-likeness (QED) is 0.916. The molecule has 1 aromatic rings. The van der Waals surface area contributed by atoms with Crippen LogP contribution in [0.4, 0.5) is 0 Å². The SMILES string of the molecule is CC(C)(C)C1(C(=O)O)CCN(S(=O)(=O)c2ccc(Cl)o2)C1. The molecule has 1 aliphatic rings. The molecule has 2 heterocycles. The number of furan rings is 1. The zero-order valence-corrected chi connectivity index (χ0v) is 13.7. The summed E-state index contributed by atoms with van der Waals surface area (Å²) in [6.45, 7) is 5.49. The Hall–Kier alpha value is -1.05. The van der Waals surface area contributed by atoms with E-state index in [0.717, 1.165) is 4.31 Å². The van der Waals surface area contributed by atoms with Crippen LogP contribution in [0.3, 0.4) is 0 Å². The van der Waals surface area contributed by atoms with E-state index in [1.54, 1.807) is 20.8 Å². The molecule has 0 bridgehead atoms. The highest BCUT2D eigenvalue weighted by Gasteiger charge is 2.55. The van der Waals surface area contributed by atoms with E-state index in [0.29, 0.717) is 0 Å². The van der Waals surface area contributed by atoms with Crippen molar-refractivity contribution < 1.29 is 22.7 Å². The second-order valence-electron chi connectivity index (χ2n) is 6.28. The van der Waals surface area contributed by atoms with Crippen molar-refractivity contribution in [1.29, 1.82) is 0 Å². The van der Waals surface area contributed by atoms with E-state index in [-0.39, 0.29) is 29.8 Å². The molecule has 118 valence electrons. The van der Waals surface area contributed by atoms with Crippen molar-refractivity contribution >= 4 is 27.6 Å². The lowest BCUT2D eigenvalue weighted by Crippen LogP contribution is -2.46. The second-order valence-corrected chi connectivity index (χ2v) is 8.53. The molecule has 1 aromatic heterocycles. The van der Waals surface area contributed by atoms with Gasteiger partial charge in [-0.05, 0) is 35.6 Å². The van der Waals surface area contributed by atoms with Gasteiger partial charge in [0.15, 0.2) is 5.22 Å². The number of sulfonamides is 1. The fourth-order valence-electron chi connectivity index (χ4n) is 2.65. The third-order valence-corrected chi connectivity index (χ3v) is 6.14. The lowest BCUT2D eigenvalue weighted by Gasteiger charge is -2.37. The number of hydrogen-bond donors (Lipinski definition) is 1. The summed E-state index contributed by atoms with van der Waals surface area (Å²) < 4.78 is 31.0. The topological polar surface area (TPSA) is 87.8 Å². The summed E-state index contributed by atoms with van der Waals surface area (Å²) >= 11 is 5.61. The average molecular weight is 336 g/mol.